The van der Waals surface area contributed by atoms with Gasteiger partial charge >= 0.3 is 11.9 Å². The van der Waals surface area contributed by atoms with Crippen LogP contribution < -0.4 is 0 Å². The molecule has 2 aromatic heterocycles. The van der Waals surface area contributed by atoms with E-state index in [2.05, 4.69) is 0 Å². The monoisotopic (exact) mass is 452 g/mol. The molecule has 32 heavy (non-hydrogen) atoms. The second-order valence-corrected chi connectivity index (χ2v) is 7.48. The normalized spacial score (nSPS) is 11.5. The van der Waals surface area contributed by atoms with Gasteiger partial charge in [0.05, 0.1) is 13.2 Å². The molecule has 4 rings (SSSR count). The number of carbonyl (C=O) groups excluding carboxylic acids is 2. The third-order valence-corrected chi connectivity index (χ3v) is 5.21. The Morgan fingerprint density at radius 1 is 0.875 bits per heavy atom. The molecule has 2 heterocycles. The van der Waals surface area contributed by atoms with E-state index in [9.17, 15) is 9.59 Å². The summed E-state index contributed by atoms with van der Waals surface area (Å²) in [5.41, 5.74) is 2.41. The number of hydrogen-bond acceptors (Lipinski definition) is 6. The third-order valence-electron chi connectivity index (χ3n) is 4.96. The number of benzene rings is 2. The number of fused-ring (bicyclic) bond motifs is 2. The molecule has 0 radical (unpaired) electrons. The first-order valence-corrected chi connectivity index (χ1v) is 10.6. The Kier molecular flexibility index (Phi) is 6.06. The molecule has 0 atom stereocenters. The maximum absolute atomic E-state index is 12.8. The third kappa shape index (κ3) is 4.01. The highest BCUT2D eigenvalue weighted by Crippen LogP contribution is 2.35. The quantitative estimate of drug-likeness (QED) is 0.304. The van der Waals surface area contributed by atoms with E-state index in [1.165, 1.54) is 0 Å². The Morgan fingerprint density at radius 3 is 2.06 bits per heavy atom. The minimum Gasteiger partial charge on any atom is -0.462 e. The standard InChI is InChI=1S/C25H21ClO6/c1-4-29-24(27)22-14(3)31-20-13-18-21(12-17(20)22)32-19(23(18)25(28)30-5-2)11-8-15-6-9-16(26)10-7-15/h6-13H,4-5H2,1-3H3/b11-8+. The summed E-state index contributed by atoms with van der Waals surface area (Å²) in [6.07, 6.45) is 3.52. The molecule has 0 saturated carbocycles. The van der Waals surface area contributed by atoms with E-state index in [0.29, 0.717) is 49.6 Å². The summed E-state index contributed by atoms with van der Waals surface area (Å²) >= 11 is 5.94. The molecule has 4 aromatic rings. The topological polar surface area (TPSA) is 78.9 Å². The van der Waals surface area contributed by atoms with Gasteiger partial charge in [-0.1, -0.05) is 29.8 Å². The molecule has 164 valence electrons. The van der Waals surface area contributed by atoms with Crippen LogP contribution in [0.1, 0.15) is 51.6 Å². The fourth-order valence-corrected chi connectivity index (χ4v) is 3.69. The lowest BCUT2D eigenvalue weighted by atomic mass is 10.1. The van der Waals surface area contributed by atoms with Crippen LogP contribution in [0, 0.1) is 6.92 Å². The van der Waals surface area contributed by atoms with Gasteiger partial charge in [0.2, 0.25) is 0 Å². The van der Waals surface area contributed by atoms with E-state index >= 15 is 0 Å². The maximum Gasteiger partial charge on any atom is 0.342 e. The molecule has 0 aliphatic carbocycles. The van der Waals surface area contributed by atoms with Gasteiger partial charge in [-0.05, 0) is 56.7 Å². The first-order chi connectivity index (χ1) is 15.4. The summed E-state index contributed by atoms with van der Waals surface area (Å²) in [4.78, 5) is 25.2. The number of hydrogen-bond donors (Lipinski definition) is 0. The summed E-state index contributed by atoms with van der Waals surface area (Å²) in [5.74, 6) is -0.194. The van der Waals surface area contributed by atoms with Crippen molar-refractivity contribution in [1.29, 1.82) is 0 Å². The fraction of sp³-hybridized carbons (Fsp3) is 0.200. The predicted molar refractivity (Wildman–Crippen MR) is 123 cm³/mol. The Bertz CT molecular complexity index is 1340. The van der Waals surface area contributed by atoms with Crippen LogP contribution in [0.5, 0.6) is 0 Å². The average Bonchev–Trinajstić information content (AvgIpc) is 3.27. The van der Waals surface area contributed by atoms with Crippen LogP contribution in [0.2, 0.25) is 5.02 Å². The van der Waals surface area contributed by atoms with Crippen molar-refractivity contribution >= 4 is 57.6 Å². The zero-order valence-electron chi connectivity index (χ0n) is 17.9. The number of halogens is 1. The zero-order chi connectivity index (χ0) is 22.8. The molecule has 7 heteroatoms. The number of carbonyl (C=O) groups is 2. The van der Waals surface area contributed by atoms with Gasteiger partial charge in [-0.2, -0.15) is 0 Å². The van der Waals surface area contributed by atoms with Crippen molar-refractivity contribution < 1.29 is 27.9 Å². The molecular weight excluding hydrogens is 432 g/mol. The van der Waals surface area contributed by atoms with Crippen molar-refractivity contribution in [2.24, 2.45) is 0 Å². The molecule has 0 fully saturated rings. The summed E-state index contributed by atoms with van der Waals surface area (Å²) in [5, 5.41) is 1.73. The van der Waals surface area contributed by atoms with Crippen LogP contribution in [0.3, 0.4) is 0 Å². The number of furan rings is 2. The van der Waals surface area contributed by atoms with Crippen molar-refractivity contribution in [3.05, 3.63) is 69.6 Å². The van der Waals surface area contributed by atoms with E-state index in [-0.39, 0.29) is 13.2 Å². The van der Waals surface area contributed by atoms with E-state index < -0.39 is 11.9 Å². The van der Waals surface area contributed by atoms with Gasteiger partial charge in [0, 0.05) is 15.8 Å². The summed E-state index contributed by atoms with van der Waals surface area (Å²) in [6.45, 7) is 5.65. The number of aryl methyl sites for hydroxylation is 1. The maximum atomic E-state index is 12.8. The van der Waals surface area contributed by atoms with Gasteiger partial charge < -0.3 is 18.3 Å². The average molecular weight is 453 g/mol. The minimum atomic E-state index is -0.504. The lowest BCUT2D eigenvalue weighted by molar-refractivity contribution is 0.0517. The van der Waals surface area contributed by atoms with E-state index in [0.717, 1.165) is 5.56 Å². The van der Waals surface area contributed by atoms with Crippen LogP contribution >= 0.6 is 11.6 Å². The van der Waals surface area contributed by atoms with Crippen molar-refractivity contribution in [3.63, 3.8) is 0 Å². The smallest absolute Gasteiger partial charge is 0.342 e. The van der Waals surface area contributed by atoms with Gasteiger partial charge in [0.25, 0.3) is 0 Å². The largest absolute Gasteiger partial charge is 0.462 e. The highest BCUT2D eigenvalue weighted by Gasteiger charge is 2.25. The molecule has 0 saturated heterocycles. The lowest BCUT2D eigenvalue weighted by Gasteiger charge is -2.01. The Labute approximate surface area is 189 Å². The van der Waals surface area contributed by atoms with E-state index in [4.69, 9.17) is 29.9 Å². The molecule has 0 spiro atoms. The molecule has 0 amide bonds. The molecule has 0 unspecified atom stereocenters. The summed E-state index contributed by atoms with van der Waals surface area (Å²) in [7, 11) is 0. The lowest BCUT2D eigenvalue weighted by Crippen LogP contribution is -2.05. The molecule has 6 nitrogen and oxygen atoms in total. The molecular formula is C25H21ClO6. The van der Waals surface area contributed by atoms with Gasteiger partial charge in [-0.3, -0.25) is 0 Å². The highest BCUT2D eigenvalue weighted by molar-refractivity contribution is 6.30. The van der Waals surface area contributed by atoms with E-state index in [1.807, 2.05) is 18.2 Å². The van der Waals surface area contributed by atoms with Crippen molar-refractivity contribution in [3.8, 4) is 0 Å². The van der Waals surface area contributed by atoms with Gasteiger partial charge in [0.1, 0.15) is 33.8 Å². The number of rotatable bonds is 6. The Morgan fingerprint density at radius 2 is 1.44 bits per heavy atom. The summed E-state index contributed by atoms with van der Waals surface area (Å²) in [6, 6.07) is 10.6. The van der Waals surface area contributed by atoms with Gasteiger partial charge in [-0.15, -0.1) is 0 Å². The minimum absolute atomic E-state index is 0.223. The van der Waals surface area contributed by atoms with E-state index in [1.54, 1.807) is 51.1 Å². The first-order valence-electron chi connectivity index (χ1n) is 10.2. The van der Waals surface area contributed by atoms with Gasteiger partial charge in [-0.25, -0.2) is 9.59 Å². The number of esters is 2. The predicted octanol–water partition coefficient (Wildman–Crippen LogP) is 6.66. The van der Waals surface area contributed by atoms with Crippen molar-refractivity contribution in [2.45, 2.75) is 20.8 Å². The highest BCUT2D eigenvalue weighted by atomic mass is 35.5. The summed E-state index contributed by atoms with van der Waals surface area (Å²) < 4.78 is 22.2. The Hall–Kier alpha value is -3.51. The van der Waals surface area contributed by atoms with Gasteiger partial charge in [0.15, 0.2) is 0 Å². The molecule has 0 N–H and O–H groups in total. The van der Waals surface area contributed by atoms with Crippen molar-refractivity contribution in [2.75, 3.05) is 13.2 Å². The second-order valence-electron chi connectivity index (χ2n) is 7.04. The second kappa shape index (κ2) is 8.93. The van der Waals surface area contributed by atoms with Crippen LogP contribution in [-0.4, -0.2) is 25.2 Å². The zero-order valence-corrected chi connectivity index (χ0v) is 18.6. The molecule has 0 aliphatic rings. The first kappa shape index (κ1) is 21.7. The molecule has 0 bridgehead atoms. The molecule has 2 aromatic carbocycles. The van der Waals surface area contributed by atoms with Crippen LogP contribution in [0.25, 0.3) is 34.1 Å². The Balaban J connectivity index is 1.88. The van der Waals surface area contributed by atoms with Crippen LogP contribution in [0.4, 0.5) is 0 Å². The molecule has 0 aliphatic heterocycles. The van der Waals surface area contributed by atoms with Crippen LogP contribution in [-0.2, 0) is 9.47 Å². The fourth-order valence-electron chi connectivity index (χ4n) is 3.56. The van der Waals surface area contributed by atoms with Crippen LogP contribution in [0.15, 0.2) is 45.2 Å². The SMILES string of the molecule is CCOC(=O)c1c(C)oc2cc3c(C(=O)OCC)c(/C=C/c4ccc(Cl)cc4)oc3cc12. The number of ether oxygens (including phenoxy) is 2. The van der Waals surface area contributed by atoms with Crippen molar-refractivity contribution in [1.82, 2.24) is 0 Å².